The van der Waals surface area contributed by atoms with Gasteiger partial charge in [0.15, 0.2) is 0 Å². The van der Waals surface area contributed by atoms with E-state index in [0.717, 1.165) is 0 Å². The van der Waals surface area contributed by atoms with E-state index in [4.69, 9.17) is 0 Å². The summed E-state index contributed by atoms with van der Waals surface area (Å²) in [4.78, 5) is 0. The SMILES string of the molecule is Cc1cc(C(F)(F)F)c(C(F)(F)F)c(C(F)(F)F)c1C(F)(F)F. The second kappa shape index (κ2) is 5.20. The molecule has 23 heavy (non-hydrogen) atoms. The summed E-state index contributed by atoms with van der Waals surface area (Å²) in [7, 11) is 0. The molecule has 0 nitrogen and oxygen atoms in total. The fourth-order valence-electron chi connectivity index (χ4n) is 1.98. The first-order valence-corrected chi connectivity index (χ1v) is 5.35. The first kappa shape index (κ1) is 19.4. The van der Waals surface area contributed by atoms with Gasteiger partial charge < -0.3 is 0 Å². The second-order valence-electron chi connectivity index (χ2n) is 4.36. The molecule has 0 unspecified atom stereocenters. The smallest absolute Gasteiger partial charge is 0.166 e. The van der Waals surface area contributed by atoms with Crippen LogP contribution in [0, 0.1) is 6.92 Å². The molecule has 0 aliphatic heterocycles. The Morgan fingerprint density at radius 1 is 0.522 bits per heavy atom. The van der Waals surface area contributed by atoms with E-state index in [1.54, 1.807) is 0 Å². The molecule has 1 rings (SSSR count). The molecule has 0 radical (unpaired) electrons. The highest BCUT2D eigenvalue weighted by Gasteiger charge is 2.55. The third kappa shape index (κ3) is 3.83. The lowest BCUT2D eigenvalue weighted by molar-refractivity contribution is -0.182. The van der Waals surface area contributed by atoms with Gasteiger partial charge in [-0.15, -0.1) is 0 Å². The third-order valence-electron chi connectivity index (χ3n) is 2.68. The normalized spacial score (nSPS) is 14.3. The summed E-state index contributed by atoms with van der Waals surface area (Å²) in [5, 5.41) is 0. The van der Waals surface area contributed by atoms with Gasteiger partial charge in [-0.25, -0.2) is 0 Å². The molecule has 0 atom stereocenters. The molecule has 0 fully saturated rings. The van der Waals surface area contributed by atoms with Gasteiger partial charge in [0.1, 0.15) is 0 Å². The minimum atomic E-state index is -6.30. The monoisotopic (exact) mass is 364 g/mol. The first-order chi connectivity index (χ1) is 9.88. The van der Waals surface area contributed by atoms with E-state index in [9.17, 15) is 52.7 Å². The van der Waals surface area contributed by atoms with E-state index in [2.05, 4.69) is 0 Å². The van der Waals surface area contributed by atoms with Crippen molar-refractivity contribution in [3.63, 3.8) is 0 Å². The van der Waals surface area contributed by atoms with Crippen LogP contribution in [0.1, 0.15) is 27.8 Å². The van der Waals surface area contributed by atoms with E-state index in [1.165, 1.54) is 0 Å². The standard InChI is InChI=1S/C11H4F12/c1-3-2-4(8(12,13)14)6(10(18,19)20)7(11(21,22)23)5(3)9(15,16)17/h2H,1H3. The zero-order valence-electron chi connectivity index (χ0n) is 10.6. The van der Waals surface area contributed by atoms with Crippen molar-refractivity contribution in [1.29, 1.82) is 0 Å². The lowest BCUT2D eigenvalue weighted by Crippen LogP contribution is -2.28. The van der Waals surface area contributed by atoms with Gasteiger partial charge in [-0.1, -0.05) is 0 Å². The van der Waals surface area contributed by atoms with E-state index < -0.39 is 58.6 Å². The Balaban J connectivity index is 4.18. The molecule has 12 heteroatoms. The second-order valence-corrected chi connectivity index (χ2v) is 4.36. The molecule has 1 aromatic rings. The number of aryl methyl sites for hydroxylation is 1. The van der Waals surface area contributed by atoms with Crippen molar-refractivity contribution < 1.29 is 52.7 Å². The number of hydrogen-bond acceptors (Lipinski definition) is 0. The van der Waals surface area contributed by atoms with Crippen LogP contribution in [-0.4, -0.2) is 0 Å². The molecule has 132 valence electrons. The first-order valence-electron chi connectivity index (χ1n) is 5.35. The summed E-state index contributed by atoms with van der Waals surface area (Å²) < 4.78 is 152. The van der Waals surface area contributed by atoms with E-state index in [1.807, 2.05) is 0 Å². The summed E-state index contributed by atoms with van der Waals surface area (Å²) in [6, 6.07) is -0.596. The Bertz CT molecular complexity index is 596. The summed E-state index contributed by atoms with van der Waals surface area (Å²) in [5.41, 5.74) is -14.1. The van der Waals surface area contributed by atoms with Gasteiger partial charge in [-0.2, -0.15) is 52.7 Å². The van der Waals surface area contributed by atoms with Crippen molar-refractivity contribution in [2.24, 2.45) is 0 Å². The van der Waals surface area contributed by atoms with Crippen LogP contribution in [0.5, 0.6) is 0 Å². The molecule has 1 aromatic carbocycles. The number of halogens is 12. The molecule has 0 aromatic heterocycles. The zero-order valence-corrected chi connectivity index (χ0v) is 10.6. The van der Waals surface area contributed by atoms with Crippen LogP contribution in [0.2, 0.25) is 0 Å². The number of rotatable bonds is 0. The lowest BCUT2D eigenvalue weighted by atomic mass is 9.90. The van der Waals surface area contributed by atoms with Gasteiger partial charge in [0.2, 0.25) is 0 Å². The fraction of sp³-hybridized carbons (Fsp3) is 0.455. The number of alkyl halides is 12. The maximum atomic E-state index is 12.8. The molecule has 0 bridgehead atoms. The van der Waals surface area contributed by atoms with E-state index in [-0.39, 0.29) is 6.92 Å². The largest absolute Gasteiger partial charge is 0.417 e. The van der Waals surface area contributed by atoms with Crippen LogP contribution in [0.4, 0.5) is 52.7 Å². The minimum absolute atomic E-state index is 0.216. The van der Waals surface area contributed by atoms with Crippen molar-refractivity contribution in [2.45, 2.75) is 31.6 Å². The lowest BCUT2D eigenvalue weighted by Gasteiger charge is -2.25. The molecule has 0 heterocycles. The van der Waals surface area contributed by atoms with Crippen LogP contribution >= 0.6 is 0 Å². The van der Waals surface area contributed by atoms with Crippen LogP contribution < -0.4 is 0 Å². The predicted molar refractivity (Wildman–Crippen MR) is 51.2 cm³/mol. The van der Waals surface area contributed by atoms with Gasteiger partial charge in [-0.3, -0.25) is 0 Å². The van der Waals surface area contributed by atoms with Gasteiger partial charge in [-0.05, 0) is 18.6 Å². The van der Waals surface area contributed by atoms with Crippen LogP contribution in [-0.2, 0) is 24.7 Å². The Morgan fingerprint density at radius 2 is 0.870 bits per heavy atom. The summed E-state index contributed by atoms with van der Waals surface area (Å²) in [6.45, 7) is 0.216. The Kier molecular flexibility index (Phi) is 4.39. The molecule has 0 saturated carbocycles. The van der Waals surface area contributed by atoms with Gasteiger partial charge in [0.25, 0.3) is 0 Å². The summed E-state index contributed by atoms with van der Waals surface area (Å²) in [6.07, 6.45) is -24.5. The number of hydrogen-bond donors (Lipinski definition) is 0. The van der Waals surface area contributed by atoms with Crippen LogP contribution in [0.15, 0.2) is 6.07 Å². The van der Waals surface area contributed by atoms with E-state index in [0.29, 0.717) is 0 Å². The highest BCUT2D eigenvalue weighted by Crippen LogP contribution is 2.51. The van der Waals surface area contributed by atoms with Gasteiger partial charge >= 0.3 is 24.7 Å². The van der Waals surface area contributed by atoms with Crippen molar-refractivity contribution in [2.75, 3.05) is 0 Å². The Hall–Kier alpha value is -1.62. The molecule has 0 aliphatic rings. The van der Waals surface area contributed by atoms with Crippen LogP contribution in [0.25, 0.3) is 0 Å². The average Bonchev–Trinajstić information content (AvgIpc) is 2.21. The van der Waals surface area contributed by atoms with E-state index >= 15 is 0 Å². The average molecular weight is 364 g/mol. The minimum Gasteiger partial charge on any atom is -0.166 e. The molecular weight excluding hydrogens is 360 g/mol. The van der Waals surface area contributed by atoms with Crippen molar-refractivity contribution >= 4 is 0 Å². The molecule has 0 N–H and O–H groups in total. The van der Waals surface area contributed by atoms with Crippen molar-refractivity contribution in [3.8, 4) is 0 Å². The molecule has 0 aliphatic carbocycles. The topological polar surface area (TPSA) is 0 Å². The Morgan fingerprint density at radius 3 is 1.13 bits per heavy atom. The van der Waals surface area contributed by atoms with Crippen molar-refractivity contribution in [1.82, 2.24) is 0 Å². The third-order valence-corrected chi connectivity index (χ3v) is 2.68. The highest BCUT2D eigenvalue weighted by molar-refractivity contribution is 5.51. The van der Waals surface area contributed by atoms with Gasteiger partial charge in [0, 0.05) is 0 Å². The molecule has 0 spiro atoms. The maximum Gasteiger partial charge on any atom is 0.417 e. The quantitative estimate of drug-likeness (QED) is 0.490. The summed E-state index contributed by atoms with van der Waals surface area (Å²) in [5.74, 6) is 0. The van der Waals surface area contributed by atoms with Gasteiger partial charge in [0.05, 0.1) is 22.3 Å². The maximum absolute atomic E-state index is 12.8. The Labute approximate surface area is 119 Å². The zero-order chi connectivity index (χ0) is 18.6. The predicted octanol–water partition coefficient (Wildman–Crippen LogP) is 6.07. The molecule has 0 saturated heterocycles. The fourth-order valence-corrected chi connectivity index (χ4v) is 1.98. The van der Waals surface area contributed by atoms with Crippen LogP contribution in [0.3, 0.4) is 0 Å². The molecular formula is C11H4F12. The van der Waals surface area contributed by atoms with Crippen molar-refractivity contribution in [3.05, 3.63) is 33.9 Å². The summed E-state index contributed by atoms with van der Waals surface area (Å²) >= 11 is 0. The number of benzene rings is 1. The molecule has 0 amide bonds. The highest BCUT2D eigenvalue weighted by atomic mass is 19.4.